The summed E-state index contributed by atoms with van der Waals surface area (Å²) in [6.07, 6.45) is 9.15. The Labute approximate surface area is 116 Å². The zero-order chi connectivity index (χ0) is 13.7. The number of rotatable bonds is 6. The molecule has 0 bridgehead atoms. The molecule has 0 saturated heterocycles. The molecule has 1 fully saturated rings. The summed E-state index contributed by atoms with van der Waals surface area (Å²) in [5.41, 5.74) is 1.81. The van der Waals surface area contributed by atoms with Gasteiger partial charge in [0.25, 0.3) is 0 Å². The van der Waals surface area contributed by atoms with Gasteiger partial charge in [0.2, 0.25) is 0 Å². The summed E-state index contributed by atoms with van der Waals surface area (Å²) in [6.45, 7) is 7.28. The third kappa shape index (κ3) is 4.05. The summed E-state index contributed by atoms with van der Waals surface area (Å²) in [5, 5.41) is 3.40. The average Bonchev–Trinajstić information content (AvgIpc) is 2.83. The van der Waals surface area contributed by atoms with Crippen molar-refractivity contribution in [2.75, 3.05) is 20.3 Å². The molecule has 2 rings (SSSR count). The van der Waals surface area contributed by atoms with Gasteiger partial charge in [0.1, 0.15) is 0 Å². The Hall–Kier alpha value is -0.870. The highest BCUT2D eigenvalue weighted by Gasteiger charge is 2.28. The maximum absolute atomic E-state index is 5.05. The van der Waals surface area contributed by atoms with Crippen molar-refractivity contribution < 1.29 is 4.74 Å². The van der Waals surface area contributed by atoms with Crippen LogP contribution in [-0.4, -0.2) is 29.8 Å². The van der Waals surface area contributed by atoms with Crippen LogP contribution in [0.15, 0.2) is 12.5 Å². The Morgan fingerprint density at radius 3 is 2.84 bits per heavy atom. The fourth-order valence-corrected chi connectivity index (χ4v) is 2.85. The van der Waals surface area contributed by atoms with E-state index in [1.807, 2.05) is 12.5 Å². The number of nitrogens with one attached hydrogen (secondary N) is 1. The van der Waals surface area contributed by atoms with E-state index in [-0.39, 0.29) is 0 Å². The molecular formula is C15H27N3O. The number of ether oxygens (including phenoxy) is 1. The number of methoxy groups -OCH3 is 1. The van der Waals surface area contributed by atoms with Crippen molar-refractivity contribution in [1.82, 2.24) is 14.9 Å². The second-order valence-corrected chi connectivity index (χ2v) is 6.36. The first kappa shape index (κ1) is 14.5. The van der Waals surface area contributed by atoms with Crippen molar-refractivity contribution >= 4 is 0 Å². The lowest BCUT2D eigenvalue weighted by Crippen LogP contribution is -2.26. The summed E-state index contributed by atoms with van der Waals surface area (Å²) < 4.78 is 7.42. The first-order valence-corrected chi connectivity index (χ1v) is 7.33. The average molecular weight is 265 g/mol. The van der Waals surface area contributed by atoms with Crippen molar-refractivity contribution in [2.24, 2.45) is 5.41 Å². The SMILES string of the molecule is COCCNCc1cncn1C1CCC(C)(C)CC1. The number of aromatic nitrogens is 2. The third-order valence-electron chi connectivity index (χ3n) is 4.24. The maximum atomic E-state index is 5.05. The second kappa shape index (κ2) is 6.53. The van der Waals surface area contributed by atoms with Crippen LogP contribution in [0.3, 0.4) is 0 Å². The number of hydrogen-bond donors (Lipinski definition) is 1. The van der Waals surface area contributed by atoms with Crippen LogP contribution in [0.1, 0.15) is 51.3 Å². The summed E-state index contributed by atoms with van der Waals surface area (Å²) in [6, 6.07) is 0.634. The molecule has 108 valence electrons. The number of imidazole rings is 1. The molecule has 0 unspecified atom stereocenters. The lowest BCUT2D eigenvalue weighted by molar-refractivity contribution is 0.189. The van der Waals surface area contributed by atoms with E-state index in [0.29, 0.717) is 11.5 Å². The largest absolute Gasteiger partial charge is 0.383 e. The standard InChI is InChI=1S/C15H27N3O/c1-15(2)6-4-13(5-7-15)18-12-17-11-14(18)10-16-8-9-19-3/h11-13,16H,4-10H2,1-3H3. The molecule has 0 aromatic carbocycles. The zero-order valence-electron chi connectivity index (χ0n) is 12.5. The van der Waals surface area contributed by atoms with Crippen LogP contribution in [0.25, 0.3) is 0 Å². The van der Waals surface area contributed by atoms with E-state index in [4.69, 9.17) is 4.74 Å². The second-order valence-electron chi connectivity index (χ2n) is 6.36. The molecule has 1 heterocycles. The molecule has 1 aromatic rings. The number of nitrogens with zero attached hydrogens (tertiary/aromatic N) is 2. The van der Waals surface area contributed by atoms with Gasteiger partial charge in [0, 0.05) is 32.4 Å². The van der Waals surface area contributed by atoms with Gasteiger partial charge in [-0.25, -0.2) is 4.98 Å². The summed E-state index contributed by atoms with van der Waals surface area (Å²) in [5.74, 6) is 0. The minimum Gasteiger partial charge on any atom is -0.383 e. The van der Waals surface area contributed by atoms with Crippen molar-refractivity contribution in [1.29, 1.82) is 0 Å². The molecule has 4 heteroatoms. The molecule has 19 heavy (non-hydrogen) atoms. The Balaban J connectivity index is 1.89. The van der Waals surface area contributed by atoms with Crippen molar-refractivity contribution in [3.63, 3.8) is 0 Å². The zero-order valence-corrected chi connectivity index (χ0v) is 12.5. The molecule has 1 saturated carbocycles. The summed E-state index contributed by atoms with van der Waals surface area (Å²) >= 11 is 0. The quantitative estimate of drug-likeness (QED) is 0.804. The maximum Gasteiger partial charge on any atom is 0.0951 e. The number of hydrogen-bond acceptors (Lipinski definition) is 3. The normalized spacial score (nSPS) is 19.7. The molecule has 1 aromatic heterocycles. The minimum absolute atomic E-state index is 0.522. The highest BCUT2D eigenvalue weighted by molar-refractivity contribution is 5.01. The van der Waals surface area contributed by atoms with Gasteiger partial charge < -0.3 is 14.6 Å². The summed E-state index contributed by atoms with van der Waals surface area (Å²) in [4.78, 5) is 4.32. The lowest BCUT2D eigenvalue weighted by atomic mass is 9.75. The van der Waals surface area contributed by atoms with Gasteiger partial charge in [-0.15, -0.1) is 0 Å². The first-order valence-electron chi connectivity index (χ1n) is 7.33. The molecule has 1 aliphatic rings. The molecule has 1 aliphatic carbocycles. The Kier molecular flexibility index (Phi) is 4.99. The molecule has 4 nitrogen and oxygen atoms in total. The van der Waals surface area contributed by atoms with Crippen molar-refractivity contribution in [2.45, 2.75) is 52.1 Å². The predicted octanol–water partition coefficient (Wildman–Crippen LogP) is 2.76. The summed E-state index contributed by atoms with van der Waals surface area (Å²) in [7, 11) is 1.73. The van der Waals surface area contributed by atoms with Gasteiger partial charge in [-0.2, -0.15) is 0 Å². The van der Waals surface area contributed by atoms with Gasteiger partial charge in [-0.3, -0.25) is 0 Å². The van der Waals surface area contributed by atoms with Gasteiger partial charge in [0.05, 0.1) is 18.6 Å². The third-order valence-corrected chi connectivity index (χ3v) is 4.24. The minimum atomic E-state index is 0.522. The van der Waals surface area contributed by atoms with E-state index < -0.39 is 0 Å². The molecule has 0 aliphatic heterocycles. The molecular weight excluding hydrogens is 238 g/mol. The smallest absolute Gasteiger partial charge is 0.0951 e. The van der Waals surface area contributed by atoms with E-state index >= 15 is 0 Å². The van der Waals surface area contributed by atoms with Crippen molar-refractivity contribution in [3.05, 3.63) is 18.2 Å². The lowest BCUT2D eigenvalue weighted by Gasteiger charge is -2.35. The van der Waals surface area contributed by atoms with E-state index in [2.05, 4.69) is 28.7 Å². The van der Waals surface area contributed by atoms with Crippen molar-refractivity contribution in [3.8, 4) is 0 Å². The monoisotopic (exact) mass is 265 g/mol. The Bertz CT molecular complexity index is 376. The van der Waals surface area contributed by atoms with Crippen LogP contribution >= 0.6 is 0 Å². The molecule has 0 radical (unpaired) electrons. The van der Waals surface area contributed by atoms with Gasteiger partial charge >= 0.3 is 0 Å². The Morgan fingerprint density at radius 1 is 1.42 bits per heavy atom. The highest BCUT2D eigenvalue weighted by Crippen LogP contribution is 2.40. The van der Waals surface area contributed by atoms with Crippen LogP contribution in [0.4, 0.5) is 0 Å². The van der Waals surface area contributed by atoms with Crippen LogP contribution in [0.5, 0.6) is 0 Å². The highest BCUT2D eigenvalue weighted by atomic mass is 16.5. The molecule has 0 spiro atoms. The van der Waals surface area contributed by atoms with Crippen LogP contribution in [0.2, 0.25) is 0 Å². The molecule has 0 amide bonds. The van der Waals surface area contributed by atoms with E-state index in [1.54, 1.807) is 7.11 Å². The first-order chi connectivity index (χ1) is 9.12. The van der Waals surface area contributed by atoms with Gasteiger partial charge in [-0.05, 0) is 31.1 Å². The topological polar surface area (TPSA) is 39.1 Å². The van der Waals surface area contributed by atoms with Crippen LogP contribution < -0.4 is 5.32 Å². The Morgan fingerprint density at radius 2 is 2.16 bits per heavy atom. The van der Waals surface area contributed by atoms with E-state index in [0.717, 1.165) is 19.7 Å². The van der Waals surface area contributed by atoms with Crippen LogP contribution in [-0.2, 0) is 11.3 Å². The van der Waals surface area contributed by atoms with Crippen LogP contribution in [0, 0.1) is 5.41 Å². The molecule has 1 N–H and O–H groups in total. The molecule has 0 atom stereocenters. The van der Waals surface area contributed by atoms with Gasteiger partial charge in [0.15, 0.2) is 0 Å². The van der Waals surface area contributed by atoms with E-state index in [1.165, 1.54) is 31.4 Å². The van der Waals surface area contributed by atoms with E-state index in [9.17, 15) is 0 Å². The predicted molar refractivity (Wildman–Crippen MR) is 77.1 cm³/mol. The van der Waals surface area contributed by atoms with Gasteiger partial charge in [-0.1, -0.05) is 13.8 Å². The fraction of sp³-hybridized carbons (Fsp3) is 0.800. The fourth-order valence-electron chi connectivity index (χ4n) is 2.85.